The van der Waals surface area contributed by atoms with Crippen molar-refractivity contribution in [3.05, 3.63) is 70.2 Å². The van der Waals surface area contributed by atoms with Gasteiger partial charge in [0.1, 0.15) is 0 Å². The molecule has 3 N–H and O–H groups in total. The van der Waals surface area contributed by atoms with Crippen LogP contribution in [0.25, 0.3) is 0 Å². The zero-order chi connectivity index (χ0) is 21.3. The molecule has 2 aromatic carbocycles. The van der Waals surface area contributed by atoms with Crippen LogP contribution in [0.5, 0.6) is 0 Å². The Balaban J connectivity index is 1.59. The number of nitrogens with zero attached hydrogens (tertiary/aromatic N) is 2. The zero-order valence-corrected chi connectivity index (χ0v) is 17.7. The second-order valence-corrected chi connectivity index (χ2v) is 7.32. The third-order valence-corrected chi connectivity index (χ3v) is 5.06. The van der Waals surface area contributed by atoms with Gasteiger partial charge in [0.2, 0.25) is 5.91 Å². The van der Waals surface area contributed by atoms with E-state index in [-0.39, 0.29) is 18.4 Å². The summed E-state index contributed by atoms with van der Waals surface area (Å²) in [5, 5.41) is 9.93. The van der Waals surface area contributed by atoms with Crippen LogP contribution in [0.2, 0.25) is 5.02 Å². The SMILES string of the molecule is CCNC(=NCc1ccc(C(=O)N2CCNC(=O)C2)cc1)NCc1ccccc1Cl. The fourth-order valence-electron chi connectivity index (χ4n) is 3.08. The number of carbonyl (C=O) groups is 2. The van der Waals surface area contributed by atoms with Crippen LogP contribution in [0.1, 0.15) is 28.4 Å². The fraction of sp³-hybridized carbons (Fsp3) is 0.318. The topological polar surface area (TPSA) is 85.8 Å². The monoisotopic (exact) mass is 427 g/mol. The number of carbonyl (C=O) groups excluding carboxylic acids is 2. The number of halogens is 1. The van der Waals surface area contributed by atoms with Gasteiger partial charge in [0.25, 0.3) is 5.91 Å². The number of hydrogen-bond donors (Lipinski definition) is 3. The Kier molecular flexibility index (Phi) is 7.68. The van der Waals surface area contributed by atoms with E-state index in [9.17, 15) is 9.59 Å². The highest BCUT2D eigenvalue weighted by Crippen LogP contribution is 2.14. The van der Waals surface area contributed by atoms with Gasteiger partial charge in [-0.3, -0.25) is 9.59 Å². The van der Waals surface area contributed by atoms with Gasteiger partial charge in [-0.2, -0.15) is 0 Å². The van der Waals surface area contributed by atoms with Gasteiger partial charge in [-0.25, -0.2) is 4.99 Å². The summed E-state index contributed by atoms with van der Waals surface area (Å²) in [5.41, 5.74) is 2.55. The van der Waals surface area contributed by atoms with Crippen LogP contribution in [0, 0.1) is 0 Å². The standard InChI is InChI=1S/C22H26ClN5O2/c1-2-24-22(27-14-18-5-3-4-6-19(18)23)26-13-16-7-9-17(10-8-16)21(30)28-12-11-25-20(29)15-28/h3-10H,2,11-15H2,1H3,(H,25,29)(H2,24,26,27). The molecule has 1 aliphatic heterocycles. The lowest BCUT2D eigenvalue weighted by Crippen LogP contribution is -2.49. The minimum atomic E-state index is -0.130. The molecule has 0 unspecified atom stereocenters. The molecule has 1 saturated heterocycles. The van der Waals surface area contributed by atoms with Crippen molar-refractivity contribution in [3.63, 3.8) is 0 Å². The van der Waals surface area contributed by atoms with E-state index < -0.39 is 0 Å². The van der Waals surface area contributed by atoms with E-state index in [0.29, 0.717) is 42.7 Å². The molecule has 0 atom stereocenters. The molecule has 0 radical (unpaired) electrons. The molecule has 7 nitrogen and oxygen atoms in total. The lowest BCUT2D eigenvalue weighted by molar-refractivity contribution is -0.123. The van der Waals surface area contributed by atoms with Crippen molar-refractivity contribution in [1.82, 2.24) is 20.9 Å². The van der Waals surface area contributed by atoms with Gasteiger partial charge in [-0.15, -0.1) is 0 Å². The first kappa shape index (κ1) is 21.6. The van der Waals surface area contributed by atoms with Crippen LogP contribution >= 0.6 is 11.6 Å². The molecule has 0 bridgehead atoms. The predicted octanol–water partition coefficient (Wildman–Crippen LogP) is 2.17. The molecule has 8 heteroatoms. The zero-order valence-electron chi connectivity index (χ0n) is 17.0. The number of amides is 2. The van der Waals surface area contributed by atoms with Crippen molar-refractivity contribution in [2.24, 2.45) is 4.99 Å². The molecule has 2 aromatic rings. The summed E-state index contributed by atoms with van der Waals surface area (Å²) in [5.74, 6) is 0.437. The maximum absolute atomic E-state index is 12.5. The van der Waals surface area contributed by atoms with Gasteiger partial charge >= 0.3 is 0 Å². The Morgan fingerprint density at radius 2 is 1.93 bits per heavy atom. The second-order valence-electron chi connectivity index (χ2n) is 6.91. The van der Waals surface area contributed by atoms with E-state index >= 15 is 0 Å². The minimum absolute atomic E-state index is 0.105. The van der Waals surface area contributed by atoms with Crippen LogP contribution in [0.15, 0.2) is 53.5 Å². The number of piperazine rings is 1. The molecule has 30 heavy (non-hydrogen) atoms. The molecule has 0 saturated carbocycles. The number of guanidine groups is 1. The van der Waals surface area contributed by atoms with E-state index in [1.165, 1.54) is 0 Å². The lowest BCUT2D eigenvalue weighted by atomic mass is 10.1. The third-order valence-electron chi connectivity index (χ3n) is 4.69. The Labute approximate surface area is 181 Å². The van der Waals surface area contributed by atoms with Crippen LogP contribution < -0.4 is 16.0 Å². The largest absolute Gasteiger partial charge is 0.357 e. The Bertz CT molecular complexity index is 914. The average molecular weight is 428 g/mol. The molecule has 3 rings (SSSR count). The Morgan fingerprint density at radius 3 is 2.63 bits per heavy atom. The van der Waals surface area contributed by atoms with E-state index in [0.717, 1.165) is 17.7 Å². The molecular formula is C22H26ClN5O2. The summed E-state index contributed by atoms with van der Waals surface area (Å²) in [6.45, 7) is 4.92. The Morgan fingerprint density at radius 1 is 1.17 bits per heavy atom. The van der Waals surface area contributed by atoms with Gasteiger partial charge < -0.3 is 20.9 Å². The van der Waals surface area contributed by atoms with Crippen molar-refractivity contribution in [1.29, 1.82) is 0 Å². The van der Waals surface area contributed by atoms with Crippen LogP contribution in [0.4, 0.5) is 0 Å². The fourth-order valence-corrected chi connectivity index (χ4v) is 3.28. The van der Waals surface area contributed by atoms with E-state index in [1.807, 2.05) is 43.3 Å². The van der Waals surface area contributed by atoms with Crippen LogP contribution in [-0.4, -0.2) is 48.9 Å². The third kappa shape index (κ3) is 5.97. The second kappa shape index (κ2) is 10.6. The van der Waals surface area contributed by atoms with Crippen molar-refractivity contribution in [2.45, 2.75) is 20.0 Å². The first-order valence-corrected chi connectivity index (χ1v) is 10.3. The minimum Gasteiger partial charge on any atom is -0.357 e. The molecule has 158 valence electrons. The smallest absolute Gasteiger partial charge is 0.254 e. The van der Waals surface area contributed by atoms with Gasteiger partial charge in [0, 0.05) is 36.8 Å². The van der Waals surface area contributed by atoms with Gasteiger partial charge in [0.15, 0.2) is 5.96 Å². The van der Waals surface area contributed by atoms with Crippen molar-refractivity contribution in [3.8, 4) is 0 Å². The summed E-state index contributed by atoms with van der Waals surface area (Å²) >= 11 is 6.21. The summed E-state index contributed by atoms with van der Waals surface area (Å²) in [6.07, 6.45) is 0. The lowest BCUT2D eigenvalue weighted by Gasteiger charge is -2.26. The molecule has 1 heterocycles. The first-order valence-electron chi connectivity index (χ1n) is 9.97. The van der Waals surface area contributed by atoms with Crippen LogP contribution in [-0.2, 0) is 17.9 Å². The molecule has 1 fully saturated rings. The normalized spacial score (nSPS) is 14.3. The van der Waals surface area contributed by atoms with Crippen molar-refractivity contribution >= 4 is 29.4 Å². The predicted molar refractivity (Wildman–Crippen MR) is 118 cm³/mol. The van der Waals surface area contributed by atoms with Crippen molar-refractivity contribution in [2.75, 3.05) is 26.2 Å². The molecule has 0 aromatic heterocycles. The number of benzene rings is 2. The highest BCUT2D eigenvalue weighted by atomic mass is 35.5. The van der Waals surface area contributed by atoms with Gasteiger partial charge in [-0.1, -0.05) is 41.9 Å². The number of hydrogen-bond acceptors (Lipinski definition) is 3. The summed E-state index contributed by atoms with van der Waals surface area (Å²) in [7, 11) is 0. The number of rotatable bonds is 6. The first-order chi connectivity index (χ1) is 14.6. The maximum Gasteiger partial charge on any atom is 0.254 e. The summed E-state index contributed by atoms with van der Waals surface area (Å²) in [4.78, 5) is 30.2. The van der Waals surface area contributed by atoms with E-state index in [2.05, 4.69) is 20.9 Å². The van der Waals surface area contributed by atoms with Gasteiger partial charge in [0.05, 0.1) is 13.1 Å². The summed E-state index contributed by atoms with van der Waals surface area (Å²) in [6, 6.07) is 15.0. The van der Waals surface area contributed by atoms with Crippen molar-refractivity contribution < 1.29 is 9.59 Å². The average Bonchev–Trinajstić information content (AvgIpc) is 2.76. The maximum atomic E-state index is 12.5. The molecule has 1 aliphatic rings. The molecular weight excluding hydrogens is 402 g/mol. The number of nitrogens with one attached hydrogen (secondary N) is 3. The molecule has 0 spiro atoms. The highest BCUT2D eigenvalue weighted by molar-refractivity contribution is 6.31. The van der Waals surface area contributed by atoms with E-state index in [4.69, 9.17) is 11.6 Å². The molecule has 2 amide bonds. The van der Waals surface area contributed by atoms with Crippen LogP contribution in [0.3, 0.4) is 0 Å². The quantitative estimate of drug-likeness (QED) is 0.487. The Hall–Kier alpha value is -3.06. The molecule has 0 aliphatic carbocycles. The summed E-state index contributed by atoms with van der Waals surface area (Å²) < 4.78 is 0. The van der Waals surface area contributed by atoms with Gasteiger partial charge in [-0.05, 0) is 36.2 Å². The highest BCUT2D eigenvalue weighted by Gasteiger charge is 2.22. The van der Waals surface area contributed by atoms with E-state index in [1.54, 1.807) is 17.0 Å². The number of aliphatic imine (C=N–C) groups is 1.